The summed E-state index contributed by atoms with van der Waals surface area (Å²) >= 11 is 0. The first-order valence-electron chi connectivity index (χ1n) is 17.4. The van der Waals surface area contributed by atoms with E-state index < -0.39 is 0 Å². The Balaban J connectivity index is 0.000000334. The van der Waals surface area contributed by atoms with Gasteiger partial charge in [-0.05, 0) is 60.1 Å². The van der Waals surface area contributed by atoms with Crippen LogP contribution in [0.25, 0.3) is 44.0 Å². The van der Waals surface area contributed by atoms with Crippen LogP contribution in [-0.2, 0) is 36.7 Å². The number of furan rings is 1. The fourth-order valence-corrected chi connectivity index (χ4v) is 6.52. The maximum absolute atomic E-state index is 11.7. The van der Waals surface area contributed by atoms with Crippen molar-refractivity contribution in [3.05, 3.63) is 89.8 Å². The minimum absolute atomic E-state index is 0. The van der Waals surface area contributed by atoms with Crippen LogP contribution < -0.4 is 0 Å². The minimum Gasteiger partial charge on any atom is -0.512 e. The first kappa shape index (κ1) is 39.2. The SMILES string of the molecule is CC(C)(C)Cc1ccc(-c2ccnc3c2oc2c(C(C)(C)C)c4ccccc4[c-]c23)cc1.CCC(CC)C(=O)/C=C(\O)C(CC)CC.[Ir]. The standard InChI is InChI=1S/C30H30NO.C13H24O2.Ir/c1-29(2,3)18-19-11-13-20(14-12-19)23-15-16-31-26-24-17-21-9-7-8-10-22(21)25(30(4,5)6)27(24)32-28(23)26;1-5-10(6-2)12(14)9-13(15)11(7-3)8-4;/h7-16H,18H2,1-6H3;9-11,14H,5-8H2,1-4H3;/q-1;;/b;12-9-;. The molecule has 0 fully saturated rings. The molecule has 0 saturated carbocycles. The number of benzene rings is 3. The first-order valence-corrected chi connectivity index (χ1v) is 17.4. The molecule has 0 aliphatic rings. The normalized spacial score (nSPS) is 12.5. The number of aliphatic hydroxyl groups is 1. The molecule has 5 rings (SSSR count). The monoisotopic (exact) mass is 825 g/mol. The summed E-state index contributed by atoms with van der Waals surface area (Å²) < 4.78 is 6.62. The van der Waals surface area contributed by atoms with Crippen LogP contribution in [0.5, 0.6) is 0 Å². The molecule has 0 aliphatic heterocycles. The summed E-state index contributed by atoms with van der Waals surface area (Å²) in [5.74, 6) is 0.547. The molecule has 259 valence electrons. The summed E-state index contributed by atoms with van der Waals surface area (Å²) in [6.45, 7) is 21.6. The second-order valence-corrected chi connectivity index (χ2v) is 15.1. The number of nitrogens with zero attached hydrogens (tertiary/aromatic N) is 1. The average molecular weight is 825 g/mol. The van der Waals surface area contributed by atoms with Crippen molar-refractivity contribution in [3.63, 3.8) is 0 Å². The Morgan fingerprint density at radius 3 is 2.02 bits per heavy atom. The molecule has 1 radical (unpaired) electrons. The zero-order valence-electron chi connectivity index (χ0n) is 30.6. The molecule has 5 aromatic rings. The molecule has 1 N–H and O–H groups in total. The molecule has 48 heavy (non-hydrogen) atoms. The topological polar surface area (TPSA) is 63.3 Å². The number of ketones is 1. The molecule has 0 spiro atoms. The van der Waals surface area contributed by atoms with Gasteiger partial charge in [-0.15, -0.1) is 17.5 Å². The third-order valence-electron chi connectivity index (χ3n) is 9.09. The van der Waals surface area contributed by atoms with E-state index >= 15 is 0 Å². The number of aliphatic hydroxyl groups excluding tert-OH is 1. The molecule has 2 aromatic heterocycles. The zero-order valence-corrected chi connectivity index (χ0v) is 33.0. The summed E-state index contributed by atoms with van der Waals surface area (Å²) in [6, 6.07) is 23.0. The maximum Gasteiger partial charge on any atom is 0.162 e. The van der Waals surface area contributed by atoms with Crippen LogP contribution in [0.15, 0.2) is 77.0 Å². The quantitative estimate of drug-likeness (QED) is 0.0913. The number of hydrogen-bond acceptors (Lipinski definition) is 4. The molecule has 0 unspecified atom stereocenters. The number of rotatable bonds is 9. The van der Waals surface area contributed by atoms with E-state index in [4.69, 9.17) is 9.40 Å². The van der Waals surface area contributed by atoms with E-state index in [1.165, 1.54) is 22.6 Å². The van der Waals surface area contributed by atoms with Gasteiger partial charge in [0.25, 0.3) is 0 Å². The Morgan fingerprint density at radius 2 is 1.46 bits per heavy atom. The number of carbonyl (C=O) groups excluding carboxylic acids is 1. The first-order chi connectivity index (χ1) is 22.2. The van der Waals surface area contributed by atoms with Gasteiger partial charge in [-0.25, -0.2) is 0 Å². The molecule has 4 nitrogen and oxygen atoms in total. The van der Waals surface area contributed by atoms with Crippen LogP contribution in [0.3, 0.4) is 0 Å². The van der Waals surface area contributed by atoms with Crippen LogP contribution >= 0.6 is 0 Å². The van der Waals surface area contributed by atoms with Gasteiger partial charge in [-0.2, -0.15) is 0 Å². The molecule has 0 bridgehead atoms. The van der Waals surface area contributed by atoms with Crippen molar-refractivity contribution in [2.45, 2.75) is 107 Å². The van der Waals surface area contributed by atoms with E-state index in [1.54, 1.807) is 0 Å². The maximum atomic E-state index is 11.7. The number of pyridine rings is 1. The fourth-order valence-electron chi connectivity index (χ4n) is 6.52. The van der Waals surface area contributed by atoms with E-state index in [9.17, 15) is 9.90 Å². The molecule has 0 atom stereocenters. The fraction of sp³-hybridized carbons (Fsp3) is 0.442. The molecule has 2 heterocycles. The Labute approximate surface area is 301 Å². The molecule has 0 saturated heterocycles. The number of fused-ring (bicyclic) bond motifs is 4. The average Bonchev–Trinajstić information content (AvgIpc) is 3.38. The number of hydrogen-bond donors (Lipinski definition) is 1. The summed E-state index contributed by atoms with van der Waals surface area (Å²) in [4.78, 5) is 16.4. The summed E-state index contributed by atoms with van der Waals surface area (Å²) in [5, 5.41) is 13.0. The summed E-state index contributed by atoms with van der Waals surface area (Å²) in [7, 11) is 0. The number of allylic oxidation sites excluding steroid dienone is 2. The minimum atomic E-state index is -0.0738. The third kappa shape index (κ3) is 9.04. The van der Waals surface area contributed by atoms with Crippen LogP contribution in [0.2, 0.25) is 0 Å². The molecular formula is C43H54IrNO3-. The van der Waals surface area contributed by atoms with Gasteiger partial charge in [0.15, 0.2) is 5.78 Å². The van der Waals surface area contributed by atoms with Crippen LogP contribution in [-0.4, -0.2) is 15.9 Å². The Kier molecular flexibility index (Phi) is 13.4. The van der Waals surface area contributed by atoms with Gasteiger partial charge >= 0.3 is 0 Å². The smallest absolute Gasteiger partial charge is 0.162 e. The second kappa shape index (κ2) is 16.4. The van der Waals surface area contributed by atoms with Crippen molar-refractivity contribution in [2.75, 3.05) is 0 Å². The van der Waals surface area contributed by atoms with Crippen LogP contribution in [0, 0.1) is 23.3 Å². The predicted octanol–water partition coefficient (Wildman–Crippen LogP) is 12.4. The van der Waals surface area contributed by atoms with Crippen LogP contribution in [0.4, 0.5) is 0 Å². The van der Waals surface area contributed by atoms with Crippen molar-refractivity contribution < 1.29 is 34.4 Å². The van der Waals surface area contributed by atoms with Gasteiger partial charge in [0.2, 0.25) is 0 Å². The van der Waals surface area contributed by atoms with Gasteiger partial charge in [-0.1, -0.05) is 128 Å². The summed E-state index contributed by atoms with van der Waals surface area (Å²) in [5.41, 5.74) is 7.60. The van der Waals surface area contributed by atoms with Crippen molar-refractivity contribution in [1.29, 1.82) is 0 Å². The number of aromatic nitrogens is 1. The summed E-state index contributed by atoms with van der Waals surface area (Å²) in [6.07, 6.45) is 7.85. The molecule has 0 aliphatic carbocycles. The van der Waals surface area contributed by atoms with Gasteiger partial charge < -0.3 is 9.52 Å². The Morgan fingerprint density at radius 1 is 0.854 bits per heavy atom. The van der Waals surface area contributed by atoms with Gasteiger partial charge in [-0.3, -0.25) is 9.78 Å². The van der Waals surface area contributed by atoms with Gasteiger partial charge in [0.1, 0.15) is 5.58 Å². The van der Waals surface area contributed by atoms with Gasteiger partial charge in [0, 0.05) is 49.8 Å². The third-order valence-corrected chi connectivity index (χ3v) is 9.09. The predicted molar refractivity (Wildman–Crippen MR) is 199 cm³/mol. The van der Waals surface area contributed by atoms with E-state index in [2.05, 4.69) is 102 Å². The molecule has 5 heteroatoms. The van der Waals surface area contributed by atoms with Crippen LogP contribution in [0.1, 0.15) is 106 Å². The van der Waals surface area contributed by atoms with E-state index in [-0.39, 0.29) is 54.3 Å². The van der Waals surface area contributed by atoms with E-state index in [1.807, 2.05) is 33.9 Å². The van der Waals surface area contributed by atoms with Crippen molar-refractivity contribution in [2.24, 2.45) is 17.3 Å². The van der Waals surface area contributed by atoms with Crippen molar-refractivity contribution >= 4 is 38.6 Å². The zero-order chi connectivity index (χ0) is 34.5. The Bertz CT molecular complexity index is 1840. The largest absolute Gasteiger partial charge is 0.512 e. The van der Waals surface area contributed by atoms with E-state index in [0.717, 1.165) is 70.7 Å². The molecular weight excluding hydrogens is 771 g/mol. The number of carbonyl (C=O) groups is 1. The molecule has 3 aromatic carbocycles. The van der Waals surface area contributed by atoms with Gasteiger partial charge in [0.05, 0.1) is 16.9 Å². The van der Waals surface area contributed by atoms with E-state index in [0.29, 0.717) is 0 Å². The molecule has 0 amide bonds. The Hall–Kier alpha value is -3.27. The van der Waals surface area contributed by atoms with Crippen molar-refractivity contribution in [1.82, 2.24) is 4.98 Å². The van der Waals surface area contributed by atoms with Crippen molar-refractivity contribution in [3.8, 4) is 11.1 Å². The second-order valence-electron chi connectivity index (χ2n) is 15.1.